The molecule has 0 bridgehead atoms. The summed E-state index contributed by atoms with van der Waals surface area (Å²) in [6.45, 7) is 3.82. The molecule has 0 unspecified atom stereocenters. The second-order valence-corrected chi connectivity index (χ2v) is 5.19. The molecule has 15 heavy (non-hydrogen) atoms. The SMILES string of the molecule is CC(C)(CO)[C@H](N)c1ccc(O)c(Br)c1. The second-order valence-electron chi connectivity index (χ2n) is 4.34. The van der Waals surface area contributed by atoms with Crippen molar-refractivity contribution in [3.8, 4) is 5.75 Å². The van der Waals surface area contributed by atoms with E-state index in [4.69, 9.17) is 5.73 Å². The number of halogens is 1. The molecule has 0 aliphatic rings. The molecule has 1 aromatic rings. The van der Waals surface area contributed by atoms with Gasteiger partial charge in [-0.1, -0.05) is 19.9 Å². The summed E-state index contributed by atoms with van der Waals surface area (Å²) in [6.07, 6.45) is 0. The highest BCUT2D eigenvalue weighted by atomic mass is 79.9. The summed E-state index contributed by atoms with van der Waals surface area (Å²) >= 11 is 3.23. The van der Waals surface area contributed by atoms with Gasteiger partial charge in [-0.3, -0.25) is 0 Å². The number of phenols is 1. The Morgan fingerprint density at radius 1 is 1.47 bits per heavy atom. The molecule has 1 aromatic carbocycles. The van der Waals surface area contributed by atoms with E-state index in [0.717, 1.165) is 5.56 Å². The molecule has 0 saturated heterocycles. The third-order valence-electron chi connectivity index (χ3n) is 2.58. The van der Waals surface area contributed by atoms with Crippen molar-refractivity contribution in [2.45, 2.75) is 19.9 Å². The van der Waals surface area contributed by atoms with Crippen LogP contribution in [0.3, 0.4) is 0 Å². The van der Waals surface area contributed by atoms with E-state index in [9.17, 15) is 10.2 Å². The molecule has 0 aliphatic carbocycles. The van der Waals surface area contributed by atoms with E-state index < -0.39 is 0 Å². The molecular formula is C11H16BrNO2. The third kappa shape index (κ3) is 2.71. The molecule has 0 fully saturated rings. The van der Waals surface area contributed by atoms with Gasteiger partial charge in [-0.25, -0.2) is 0 Å². The van der Waals surface area contributed by atoms with E-state index >= 15 is 0 Å². The van der Waals surface area contributed by atoms with Gasteiger partial charge in [0.15, 0.2) is 0 Å². The van der Waals surface area contributed by atoms with Crippen LogP contribution >= 0.6 is 15.9 Å². The predicted octanol–water partition coefficient (Wildman–Crippen LogP) is 2.17. The molecule has 1 atom stereocenters. The Labute approximate surface area is 98.1 Å². The molecule has 4 N–H and O–H groups in total. The lowest BCUT2D eigenvalue weighted by Gasteiger charge is -2.29. The second kappa shape index (κ2) is 4.51. The zero-order valence-corrected chi connectivity index (χ0v) is 10.5. The van der Waals surface area contributed by atoms with Crippen LogP contribution in [-0.2, 0) is 0 Å². The fourth-order valence-corrected chi connectivity index (χ4v) is 1.66. The van der Waals surface area contributed by atoms with Crippen molar-refractivity contribution in [2.75, 3.05) is 6.61 Å². The smallest absolute Gasteiger partial charge is 0.129 e. The molecular weight excluding hydrogens is 258 g/mol. The molecule has 3 nitrogen and oxygen atoms in total. The van der Waals surface area contributed by atoms with Gasteiger partial charge in [0.05, 0.1) is 4.47 Å². The Morgan fingerprint density at radius 2 is 2.07 bits per heavy atom. The molecule has 0 spiro atoms. The fourth-order valence-electron chi connectivity index (χ4n) is 1.27. The van der Waals surface area contributed by atoms with Crippen molar-refractivity contribution in [1.82, 2.24) is 0 Å². The van der Waals surface area contributed by atoms with Gasteiger partial charge < -0.3 is 15.9 Å². The minimum atomic E-state index is -0.379. The summed E-state index contributed by atoms with van der Waals surface area (Å²) in [7, 11) is 0. The molecule has 0 radical (unpaired) electrons. The van der Waals surface area contributed by atoms with Crippen molar-refractivity contribution < 1.29 is 10.2 Å². The number of aromatic hydroxyl groups is 1. The van der Waals surface area contributed by atoms with Crippen molar-refractivity contribution in [3.63, 3.8) is 0 Å². The van der Waals surface area contributed by atoms with Gasteiger partial charge in [-0.05, 0) is 33.6 Å². The Morgan fingerprint density at radius 3 is 2.53 bits per heavy atom. The topological polar surface area (TPSA) is 66.5 Å². The van der Waals surface area contributed by atoms with Crippen LogP contribution in [-0.4, -0.2) is 16.8 Å². The summed E-state index contributed by atoms with van der Waals surface area (Å²) in [5.41, 5.74) is 6.55. The number of hydrogen-bond donors (Lipinski definition) is 3. The zero-order valence-electron chi connectivity index (χ0n) is 8.87. The minimum absolute atomic E-state index is 0.0205. The maximum Gasteiger partial charge on any atom is 0.129 e. The first-order valence-electron chi connectivity index (χ1n) is 4.73. The molecule has 1 rings (SSSR count). The number of aliphatic hydroxyl groups is 1. The van der Waals surface area contributed by atoms with Gasteiger partial charge in [0.1, 0.15) is 5.75 Å². The summed E-state index contributed by atoms with van der Waals surface area (Å²) in [6, 6.07) is 4.87. The van der Waals surface area contributed by atoms with Crippen LogP contribution < -0.4 is 5.73 Å². The lowest BCUT2D eigenvalue weighted by Crippen LogP contribution is -2.32. The van der Waals surface area contributed by atoms with Crippen molar-refractivity contribution in [1.29, 1.82) is 0 Å². The van der Waals surface area contributed by atoms with Gasteiger partial charge in [-0.15, -0.1) is 0 Å². The Hall–Kier alpha value is -0.580. The zero-order chi connectivity index (χ0) is 11.6. The van der Waals surface area contributed by atoms with E-state index in [1.165, 1.54) is 0 Å². The normalized spacial score (nSPS) is 13.9. The highest BCUT2D eigenvalue weighted by molar-refractivity contribution is 9.10. The fraction of sp³-hybridized carbons (Fsp3) is 0.455. The summed E-state index contributed by atoms with van der Waals surface area (Å²) in [5, 5.41) is 18.6. The van der Waals surface area contributed by atoms with E-state index in [-0.39, 0.29) is 23.8 Å². The Bertz CT molecular complexity index is 352. The lowest BCUT2D eigenvalue weighted by molar-refractivity contribution is 0.132. The predicted molar refractivity (Wildman–Crippen MR) is 63.6 cm³/mol. The molecule has 0 amide bonds. The minimum Gasteiger partial charge on any atom is -0.507 e. The highest BCUT2D eigenvalue weighted by Crippen LogP contribution is 2.34. The number of hydrogen-bond acceptors (Lipinski definition) is 3. The Kier molecular flexibility index (Phi) is 3.76. The number of nitrogens with two attached hydrogens (primary N) is 1. The number of benzene rings is 1. The van der Waals surface area contributed by atoms with Gasteiger partial charge in [0.25, 0.3) is 0 Å². The van der Waals surface area contributed by atoms with E-state index in [1.54, 1.807) is 18.2 Å². The number of rotatable bonds is 3. The lowest BCUT2D eigenvalue weighted by atomic mass is 9.82. The first kappa shape index (κ1) is 12.5. The molecule has 84 valence electrons. The summed E-state index contributed by atoms with van der Waals surface area (Å²) in [4.78, 5) is 0. The molecule has 0 aliphatic heterocycles. The third-order valence-corrected chi connectivity index (χ3v) is 3.22. The van der Waals surface area contributed by atoms with Gasteiger partial charge in [0, 0.05) is 18.1 Å². The molecule has 0 heterocycles. The van der Waals surface area contributed by atoms with Crippen LogP contribution in [0.1, 0.15) is 25.5 Å². The standard InChI is InChI=1S/C11H16BrNO2/c1-11(2,6-14)10(13)7-3-4-9(15)8(12)5-7/h3-5,10,14-15H,6,13H2,1-2H3/t10-/m1/s1. The van der Waals surface area contributed by atoms with Crippen LogP contribution in [0.5, 0.6) is 5.75 Å². The summed E-state index contributed by atoms with van der Waals surface area (Å²) in [5.74, 6) is 0.188. The van der Waals surface area contributed by atoms with Gasteiger partial charge >= 0.3 is 0 Å². The van der Waals surface area contributed by atoms with E-state index in [0.29, 0.717) is 4.47 Å². The van der Waals surface area contributed by atoms with Crippen LogP contribution in [0.15, 0.2) is 22.7 Å². The Balaban J connectivity index is 3.02. The first-order valence-corrected chi connectivity index (χ1v) is 5.52. The average molecular weight is 274 g/mol. The van der Waals surface area contributed by atoms with E-state index in [2.05, 4.69) is 15.9 Å². The first-order chi connectivity index (χ1) is 6.88. The largest absolute Gasteiger partial charge is 0.507 e. The average Bonchev–Trinajstić information content (AvgIpc) is 2.21. The van der Waals surface area contributed by atoms with Crippen LogP contribution in [0.2, 0.25) is 0 Å². The maximum absolute atomic E-state index is 9.35. The van der Waals surface area contributed by atoms with Gasteiger partial charge in [-0.2, -0.15) is 0 Å². The summed E-state index contributed by atoms with van der Waals surface area (Å²) < 4.78 is 0.615. The highest BCUT2D eigenvalue weighted by Gasteiger charge is 2.27. The molecule has 0 aromatic heterocycles. The van der Waals surface area contributed by atoms with Crippen LogP contribution in [0, 0.1) is 5.41 Å². The van der Waals surface area contributed by atoms with Crippen LogP contribution in [0.25, 0.3) is 0 Å². The van der Waals surface area contributed by atoms with Crippen molar-refractivity contribution in [3.05, 3.63) is 28.2 Å². The van der Waals surface area contributed by atoms with Crippen molar-refractivity contribution >= 4 is 15.9 Å². The van der Waals surface area contributed by atoms with Crippen LogP contribution in [0.4, 0.5) is 0 Å². The molecule has 0 saturated carbocycles. The van der Waals surface area contributed by atoms with Gasteiger partial charge in [0.2, 0.25) is 0 Å². The monoisotopic (exact) mass is 273 g/mol. The van der Waals surface area contributed by atoms with E-state index in [1.807, 2.05) is 13.8 Å². The van der Waals surface area contributed by atoms with Crippen molar-refractivity contribution in [2.24, 2.45) is 11.1 Å². The number of aliphatic hydroxyl groups excluding tert-OH is 1. The maximum atomic E-state index is 9.35. The quantitative estimate of drug-likeness (QED) is 0.791. The molecule has 4 heteroatoms. The number of phenolic OH excluding ortho intramolecular Hbond substituents is 1.